The maximum absolute atomic E-state index is 12.6. The first-order valence-electron chi connectivity index (χ1n) is 6.68. The Morgan fingerprint density at radius 1 is 1.48 bits per heavy atom. The molecule has 2 heterocycles. The minimum atomic E-state index is -3.63. The second-order valence-corrected chi connectivity index (χ2v) is 7.94. The SMILES string of the molecule is CCCn1cc(S(=O)(=O)N(C)Cc2sccc2C)c(N)n1. The molecule has 0 bridgehead atoms. The molecular formula is C13H20N4O2S2. The largest absolute Gasteiger partial charge is 0.381 e. The highest BCUT2D eigenvalue weighted by molar-refractivity contribution is 7.89. The summed E-state index contributed by atoms with van der Waals surface area (Å²) in [6.07, 6.45) is 2.37. The standard InChI is InChI=1S/C13H20N4O2S2/c1-4-6-17-9-12(13(14)15-17)21(18,19)16(3)8-11-10(2)5-7-20-11/h5,7,9H,4,6,8H2,1-3H3,(H2,14,15). The molecule has 0 aromatic carbocycles. The van der Waals surface area contributed by atoms with Gasteiger partial charge in [-0.1, -0.05) is 6.92 Å². The number of nitrogens with zero attached hydrogens (tertiary/aromatic N) is 3. The van der Waals surface area contributed by atoms with Crippen LogP contribution in [0.25, 0.3) is 0 Å². The number of nitrogen functional groups attached to an aromatic ring is 1. The molecular weight excluding hydrogens is 308 g/mol. The first-order chi connectivity index (χ1) is 9.86. The third kappa shape index (κ3) is 3.28. The van der Waals surface area contributed by atoms with Gasteiger partial charge in [0.2, 0.25) is 10.0 Å². The van der Waals surface area contributed by atoms with Crippen molar-refractivity contribution in [3.63, 3.8) is 0 Å². The average molecular weight is 328 g/mol. The summed E-state index contributed by atoms with van der Waals surface area (Å²) in [7, 11) is -2.07. The molecule has 8 heteroatoms. The predicted octanol–water partition coefficient (Wildman–Crippen LogP) is 2.07. The summed E-state index contributed by atoms with van der Waals surface area (Å²) in [5.74, 6) is 0.0539. The molecule has 0 radical (unpaired) electrons. The Morgan fingerprint density at radius 3 is 2.76 bits per heavy atom. The Bertz CT molecular complexity index is 718. The third-order valence-electron chi connectivity index (χ3n) is 3.23. The minimum Gasteiger partial charge on any atom is -0.381 e. The molecule has 0 spiro atoms. The van der Waals surface area contributed by atoms with Gasteiger partial charge in [0, 0.05) is 31.2 Å². The van der Waals surface area contributed by atoms with Crippen molar-refractivity contribution >= 4 is 27.2 Å². The van der Waals surface area contributed by atoms with Gasteiger partial charge < -0.3 is 5.73 Å². The van der Waals surface area contributed by atoms with Gasteiger partial charge in [-0.25, -0.2) is 8.42 Å². The van der Waals surface area contributed by atoms with E-state index in [0.717, 1.165) is 16.9 Å². The topological polar surface area (TPSA) is 81.2 Å². The maximum Gasteiger partial charge on any atom is 0.248 e. The first-order valence-corrected chi connectivity index (χ1v) is 9.00. The molecule has 2 rings (SSSR count). The molecule has 116 valence electrons. The monoisotopic (exact) mass is 328 g/mol. The van der Waals surface area contributed by atoms with Gasteiger partial charge in [0.05, 0.1) is 0 Å². The molecule has 0 fully saturated rings. The molecule has 0 aliphatic carbocycles. The second kappa shape index (κ2) is 6.17. The lowest BCUT2D eigenvalue weighted by Crippen LogP contribution is -2.26. The van der Waals surface area contributed by atoms with Gasteiger partial charge in [-0.15, -0.1) is 11.3 Å². The molecule has 21 heavy (non-hydrogen) atoms. The van der Waals surface area contributed by atoms with Gasteiger partial charge >= 0.3 is 0 Å². The molecule has 2 N–H and O–H groups in total. The van der Waals surface area contributed by atoms with Crippen LogP contribution in [-0.2, 0) is 23.1 Å². The molecule has 0 atom stereocenters. The lowest BCUT2D eigenvalue weighted by atomic mass is 10.3. The Hall–Kier alpha value is -1.38. The van der Waals surface area contributed by atoms with Crippen LogP contribution in [0.1, 0.15) is 23.8 Å². The zero-order valence-electron chi connectivity index (χ0n) is 12.4. The number of aromatic nitrogens is 2. The molecule has 0 saturated carbocycles. The number of nitrogens with two attached hydrogens (primary N) is 1. The van der Waals surface area contributed by atoms with Gasteiger partial charge in [-0.3, -0.25) is 4.68 Å². The van der Waals surface area contributed by atoms with Crippen LogP contribution in [0.4, 0.5) is 5.82 Å². The molecule has 6 nitrogen and oxygen atoms in total. The summed E-state index contributed by atoms with van der Waals surface area (Å²) in [4.78, 5) is 1.10. The number of sulfonamides is 1. The van der Waals surface area contributed by atoms with Crippen molar-refractivity contribution in [1.29, 1.82) is 0 Å². The summed E-state index contributed by atoms with van der Waals surface area (Å²) < 4.78 is 28.1. The van der Waals surface area contributed by atoms with E-state index in [1.807, 2.05) is 25.3 Å². The van der Waals surface area contributed by atoms with E-state index in [0.29, 0.717) is 13.1 Å². The average Bonchev–Trinajstić information content (AvgIpc) is 2.97. The maximum atomic E-state index is 12.6. The van der Waals surface area contributed by atoms with E-state index in [1.54, 1.807) is 23.1 Å². The van der Waals surface area contributed by atoms with Gasteiger partial charge in [0.15, 0.2) is 5.82 Å². The molecule has 0 amide bonds. The summed E-state index contributed by atoms with van der Waals surface area (Å²) in [6.45, 7) is 4.95. The molecule has 0 aliphatic rings. The number of hydrogen-bond donors (Lipinski definition) is 1. The van der Waals surface area contributed by atoms with Crippen LogP contribution in [-0.4, -0.2) is 29.6 Å². The van der Waals surface area contributed by atoms with Crippen LogP contribution in [0.15, 0.2) is 22.5 Å². The number of thiophene rings is 1. The van der Waals surface area contributed by atoms with Crippen LogP contribution in [0.3, 0.4) is 0 Å². The van der Waals surface area contributed by atoms with Crippen molar-refractivity contribution in [3.8, 4) is 0 Å². The van der Waals surface area contributed by atoms with Gasteiger partial charge in [0.25, 0.3) is 0 Å². The lowest BCUT2D eigenvalue weighted by molar-refractivity contribution is 0.469. The molecule has 2 aromatic rings. The highest BCUT2D eigenvalue weighted by atomic mass is 32.2. The fourth-order valence-electron chi connectivity index (χ4n) is 1.98. The predicted molar refractivity (Wildman–Crippen MR) is 84.6 cm³/mol. The van der Waals surface area contributed by atoms with Crippen molar-refractivity contribution in [2.45, 2.75) is 38.3 Å². The van der Waals surface area contributed by atoms with Gasteiger partial charge in [-0.05, 0) is 30.4 Å². The van der Waals surface area contributed by atoms with Crippen LogP contribution in [0.5, 0.6) is 0 Å². The van der Waals surface area contributed by atoms with E-state index in [2.05, 4.69) is 5.10 Å². The van der Waals surface area contributed by atoms with Crippen molar-refractivity contribution < 1.29 is 8.42 Å². The zero-order valence-corrected chi connectivity index (χ0v) is 14.0. The van der Waals surface area contributed by atoms with Crippen molar-refractivity contribution in [2.75, 3.05) is 12.8 Å². The molecule has 0 aliphatic heterocycles. The quantitative estimate of drug-likeness (QED) is 0.880. The summed E-state index contributed by atoms with van der Waals surface area (Å²) in [5.41, 5.74) is 6.86. The molecule has 0 saturated heterocycles. The van der Waals surface area contributed by atoms with E-state index in [-0.39, 0.29) is 10.7 Å². The fourth-order valence-corrected chi connectivity index (χ4v) is 4.22. The van der Waals surface area contributed by atoms with Crippen LogP contribution >= 0.6 is 11.3 Å². The third-order valence-corrected chi connectivity index (χ3v) is 6.06. The van der Waals surface area contributed by atoms with Crippen LogP contribution in [0, 0.1) is 6.92 Å². The number of rotatable bonds is 6. The first kappa shape index (κ1) is 16.0. The Labute approximate surface area is 129 Å². The highest BCUT2D eigenvalue weighted by Gasteiger charge is 2.26. The van der Waals surface area contributed by atoms with Crippen LogP contribution in [0.2, 0.25) is 0 Å². The molecule has 0 unspecified atom stereocenters. The Kier molecular flexibility index (Phi) is 4.70. The van der Waals surface area contributed by atoms with Crippen molar-refractivity contribution in [3.05, 3.63) is 28.1 Å². The van der Waals surface area contributed by atoms with Crippen LogP contribution < -0.4 is 5.73 Å². The summed E-state index contributed by atoms with van der Waals surface area (Å²) in [5, 5.41) is 6.01. The molecule has 2 aromatic heterocycles. The van der Waals surface area contributed by atoms with E-state index >= 15 is 0 Å². The van der Waals surface area contributed by atoms with E-state index in [1.165, 1.54) is 10.5 Å². The van der Waals surface area contributed by atoms with Crippen molar-refractivity contribution in [2.24, 2.45) is 0 Å². The summed E-state index contributed by atoms with van der Waals surface area (Å²) >= 11 is 1.55. The van der Waals surface area contributed by atoms with Crippen molar-refractivity contribution in [1.82, 2.24) is 14.1 Å². The fraction of sp³-hybridized carbons (Fsp3) is 0.462. The summed E-state index contributed by atoms with van der Waals surface area (Å²) in [6, 6.07) is 1.98. The number of hydrogen-bond acceptors (Lipinski definition) is 5. The smallest absolute Gasteiger partial charge is 0.248 e. The minimum absolute atomic E-state index is 0.0539. The normalized spacial score (nSPS) is 12.2. The Morgan fingerprint density at radius 2 is 2.19 bits per heavy atom. The lowest BCUT2D eigenvalue weighted by Gasteiger charge is -2.16. The van der Waals surface area contributed by atoms with Gasteiger partial charge in [-0.2, -0.15) is 9.40 Å². The van der Waals surface area contributed by atoms with E-state index < -0.39 is 10.0 Å². The van der Waals surface area contributed by atoms with E-state index in [9.17, 15) is 8.42 Å². The zero-order chi connectivity index (χ0) is 15.6. The number of aryl methyl sites for hydroxylation is 2. The number of anilines is 1. The van der Waals surface area contributed by atoms with E-state index in [4.69, 9.17) is 5.73 Å². The Balaban J connectivity index is 2.26. The van der Waals surface area contributed by atoms with Gasteiger partial charge in [0.1, 0.15) is 4.90 Å². The second-order valence-electron chi connectivity index (χ2n) is 4.93. The highest BCUT2D eigenvalue weighted by Crippen LogP contribution is 2.24.